The number of ether oxygens (including phenoxy) is 5. The minimum Gasteiger partial charge on any atom is -0.459 e. The van der Waals surface area contributed by atoms with Gasteiger partial charge in [0.25, 0.3) is 0 Å². The minimum atomic E-state index is -1.33. The van der Waals surface area contributed by atoms with Crippen molar-refractivity contribution in [2.75, 3.05) is 6.61 Å². The summed E-state index contributed by atoms with van der Waals surface area (Å²) in [7, 11) is 0. The van der Waals surface area contributed by atoms with Crippen LogP contribution in [0.3, 0.4) is 0 Å². The van der Waals surface area contributed by atoms with Gasteiger partial charge >= 0.3 is 23.9 Å². The van der Waals surface area contributed by atoms with E-state index in [1.165, 1.54) is 0 Å². The van der Waals surface area contributed by atoms with Gasteiger partial charge in [-0.2, -0.15) is 0 Å². The second-order valence-corrected chi connectivity index (χ2v) is 10.9. The molecule has 4 aromatic rings. The maximum absolute atomic E-state index is 13.3. The highest BCUT2D eigenvalue weighted by Crippen LogP contribution is 2.33. The Morgan fingerprint density at radius 3 is 1.25 bits per heavy atom. The summed E-state index contributed by atoms with van der Waals surface area (Å²) in [6.45, 7) is -0.349. The summed E-state index contributed by atoms with van der Waals surface area (Å²) in [4.78, 5) is 52.6. The van der Waals surface area contributed by atoms with E-state index < -0.39 is 52.4 Å². The van der Waals surface area contributed by atoms with Gasteiger partial charge in [-0.1, -0.05) is 72.8 Å². The van der Waals surface area contributed by atoms with E-state index in [4.69, 9.17) is 23.7 Å². The van der Waals surface area contributed by atoms with Crippen LogP contribution in [0.4, 0.5) is 0 Å². The van der Waals surface area contributed by atoms with E-state index in [0.29, 0.717) is 5.56 Å². The second-order valence-electron chi connectivity index (χ2n) is 9.70. The lowest BCUT2D eigenvalue weighted by molar-refractivity contribution is -0.203. The third kappa shape index (κ3) is 7.69. The molecule has 0 aromatic heterocycles. The van der Waals surface area contributed by atoms with E-state index in [-0.39, 0.29) is 23.3 Å². The number of hydrogen-bond donors (Lipinski definition) is 0. The SMILES string of the molecule is O=C(OCC1O[C@H](I)C(OC(=O)c2ccccc2)[C@@H](OC(=O)c2ccccc2)[C@@H]1OC(=O)c1ccccc1)c1ccccc1. The fourth-order valence-corrected chi connectivity index (χ4v) is 5.45. The van der Waals surface area contributed by atoms with Gasteiger partial charge < -0.3 is 23.7 Å². The van der Waals surface area contributed by atoms with Crippen LogP contribution in [0.1, 0.15) is 41.4 Å². The zero-order valence-electron chi connectivity index (χ0n) is 23.2. The summed E-state index contributed by atoms with van der Waals surface area (Å²) in [5.41, 5.74) is 1.04. The number of esters is 4. The maximum atomic E-state index is 13.3. The van der Waals surface area contributed by atoms with Crippen LogP contribution in [0, 0.1) is 0 Å². The van der Waals surface area contributed by atoms with Gasteiger partial charge in [-0.05, 0) is 71.1 Å². The van der Waals surface area contributed by atoms with Crippen molar-refractivity contribution in [2.45, 2.75) is 28.5 Å². The van der Waals surface area contributed by atoms with Crippen LogP contribution in [0.5, 0.6) is 0 Å². The Morgan fingerprint density at radius 2 is 0.841 bits per heavy atom. The van der Waals surface area contributed by atoms with E-state index in [9.17, 15) is 19.2 Å². The number of rotatable bonds is 9. The molecule has 1 heterocycles. The average molecular weight is 706 g/mol. The van der Waals surface area contributed by atoms with Crippen LogP contribution in [-0.4, -0.2) is 59.0 Å². The molecule has 0 spiro atoms. The van der Waals surface area contributed by atoms with Crippen LogP contribution < -0.4 is 0 Å². The monoisotopic (exact) mass is 706 g/mol. The minimum absolute atomic E-state index is 0.232. The average Bonchev–Trinajstić information content (AvgIpc) is 3.07. The predicted octanol–water partition coefficient (Wildman–Crippen LogP) is 5.68. The molecule has 1 aliphatic rings. The first-order chi connectivity index (χ1) is 21.4. The van der Waals surface area contributed by atoms with Crippen LogP contribution in [-0.2, 0) is 23.7 Å². The van der Waals surface area contributed by atoms with Crippen molar-refractivity contribution in [2.24, 2.45) is 0 Å². The van der Waals surface area contributed by atoms with Crippen LogP contribution >= 0.6 is 22.6 Å². The van der Waals surface area contributed by atoms with Crippen molar-refractivity contribution in [3.8, 4) is 0 Å². The van der Waals surface area contributed by atoms with Crippen LogP contribution in [0.15, 0.2) is 121 Å². The van der Waals surface area contributed by atoms with Gasteiger partial charge in [-0.15, -0.1) is 0 Å². The molecule has 2 unspecified atom stereocenters. The Labute approximate surface area is 267 Å². The van der Waals surface area contributed by atoms with Gasteiger partial charge in [-0.3, -0.25) is 0 Å². The van der Waals surface area contributed by atoms with E-state index in [1.54, 1.807) is 121 Å². The van der Waals surface area contributed by atoms with Gasteiger partial charge in [0.15, 0.2) is 18.3 Å². The van der Waals surface area contributed by atoms with E-state index >= 15 is 0 Å². The highest BCUT2D eigenvalue weighted by Gasteiger charge is 2.52. The largest absolute Gasteiger partial charge is 0.459 e. The van der Waals surface area contributed by atoms with Crippen molar-refractivity contribution in [3.63, 3.8) is 0 Å². The van der Waals surface area contributed by atoms with Gasteiger partial charge in [0.05, 0.1) is 22.3 Å². The molecule has 0 aliphatic carbocycles. The molecule has 1 saturated heterocycles. The lowest BCUT2D eigenvalue weighted by Gasteiger charge is -2.43. The summed E-state index contributed by atoms with van der Waals surface area (Å²) in [5.74, 6) is -2.78. The first-order valence-electron chi connectivity index (χ1n) is 13.7. The first-order valence-corrected chi connectivity index (χ1v) is 14.9. The number of alkyl halides is 1. The molecule has 0 N–H and O–H groups in total. The van der Waals surface area contributed by atoms with Crippen molar-refractivity contribution >= 4 is 46.5 Å². The number of benzene rings is 4. The number of carbonyl (C=O) groups is 4. The summed E-state index contributed by atoms with van der Waals surface area (Å²) in [6.07, 6.45) is -4.96. The predicted molar refractivity (Wildman–Crippen MR) is 166 cm³/mol. The summed E-state index contributed by atoms with van der Waals surface area (Å²) < 4.78 is 28.5. The molecule has 0 amide bonds. The van der Waals surface area contributed by atoms with Crippen LogP contribution in [0.2, 0.25) is 0 Å². The smallest absolute Gasteiger partial charge is 0.338 e. The molecule has 0 radical (unpaired) electrons. The summed E-state index contributed by atoms with van der Waals surface area (Å²) in [5, 5.41) is 0. The number of hydrogen-bond acceptors (Lipinski definition) is 9. The molecule has 0 saturated carbocycles. The quantitative estimate of drug-likeness (QED) is 0.0939. The molecule has 0 bridgehead atoms. The standard InChI is InChI=1S/C34H27IO9/c35-30-29(44-34(39)25-19-11-4-12-20-25)28(43-33(38)24-17-9-3-10-18-24)27(42-32(37)23-15-7-2-8-16-23)26(41-30)21-40-31(36)22-13-5-1-6-14-22/h1-20,26-30H,21H2/t26?,27-,28+,29?,30+/m1/s1. The van der Waals surface area contributed by atoms with Crippen molar-refractivity contribution in [3.05, 3.63) is 144 Å². The van der Waals surface area contributed by atoms with E-state index in [1.807, 2.05) is 22.6 Å². The third-order valence-corrected chi connectivity index (χ3v) is 7.73. The highest BCUT2D eigenvalue weighted by atomic mass is 127. The van der Waals surface area contributed by atoms with Gasteiger partial charge in [-0.25, -0.2) is 19.2 Å². The van der Waals surface area contributed by atoms with E-state index in [2.05, 4.69) is 0 Å². The van der Waals surface area contributed by atoms with Crippen molar-refractivity contribution in [1.82, 2.24) is 0 Å². The lowest BCUT2D eigenvalue weighted by Crippen LogP contribution is -2.61. The fraction of sp³-hybridized carbons (Fsp3) is 0.176. The Morgan fingerprint density at radius 1 is 0.500 bits per heavy atom. The second kappa shape index (κ2) is 14.8. The molecule has 5 atom stereocenters. The van der Waals surface area contributed by atoms with Gasteiger partial charge in [0.2, 0.25) is 0 Å². The van der Waals surface area contributed by atoms with Crippen molar-refractivity contribution < 1.29 is 42.9 Å². The number of carbonyl (C=O) groups excluding carboxylic acids is 4. The molecule has 4 aromatic carbocycles. The maximum Gasteiger partial charge on any atom is 0.338 e. The topological polar surface area (TPSA) is 114 Å². The van der Waals surface area contributed by atoms with Gasteiger partial charge in [0, 0.05) is 0 Å². The van der Waals surface area contributed by atoms with Gasteiger partial charge in [0.1, 0.15) is 16.8 Å². The molecule has 1 fully saturated rings. The summed E-state index contributed by atoms with van der Waals surface area (Å²) in [6, 6.07) is 33.1. The molecule has 1 aliphatic heterocycles. The molecular formula is C34H27IO9. The molecule has 10 heteroatoms. The molecule has 5 rings (SSSR count). The third-order valence-electron chi connectivity index (χ3n) is 6.72. The molecule has 9 nitrogen and oxygen atoms in total. The Balaban J connectivity index is 1.48. The van der Waals surface area contributed by atoms with Crippen molar-refractivity contribution in [1.29, 1.82) is 0 Å². The fourth-order valence-electron chi connectivity index (χ4n) is 4.51. The van der Waals surface area contributed by atoms with E-state index in [0.717, 1.165) is 0 Å². The zero-order chi connectivity index (χ0) is 30.9. The molecular weight excluding hydrogens is 679 g/mol. The summed E-state index contributed by atoms with van der Waals surface area (Å²) >= 11 is 1.92. The Hall–Kier alpha value is -4.55. The lowest BCUT2D eigenvalue weighted by atomic mass is 9.99. The Kier molecular flexibility index (Phi) is 10.4. The van der Waals surface area contributed by atoms with Crippen LogP contribution in [0.25, 0.3) is 0 Å². The molecule has 44 heavy (non-hydrogen) atoms. The number of halogens is 1. The Bertz CT molecular complexity index is 1570. The first kappa shape index (κ1) is 30.9. The zero-order valence-corrected chi connectivity index (χ0v) is 25.4. The normalized spacial score (nSPS) is 21.0. The highest BCUT2D eigenvalue weighted by molar-refractivity contribution is 14.1. The molecule has 224 valence electrons.